The Morgan fingerprint density at radius 2 is 1.56 bits per heavy atom. The van der Waals surface area contributed by atoms with Crippen molar-refractivity contribution in [3.63, 3.8) is 0 Å². The van der Waals surface area contributed by atoms with Crippen molar-refractivity contribution in [1.82, 2.24) is 25.6 Å². The highest BCUT2D eigenvalue weighted by Gasteiger charge is 2.45. The molecule has 1 saturated carbocycles. The molecule has 0 spiro atoms. The molecule has 1 aliphatic rings. The second-order valence-corrected chi connectivity index (χ2v) is 12.2. The van der Waals surface area contributed by atoms with Crippen LogP contribution in [0.2, 0.25) is 10.0 Å². The Morgan fingerprint density at radius 3 is 2.19 bits per heavy atom. The average molecular weight is 762 g/mol. The molecule has 0 saturated heterocycles. The maximum absolute atomic E-state index is 13.0. The summed E-state index contributed by atoms with van der Waals surface area (Å²) in [4.78, 5) is 62.3. The molecule has 0 unspecified atom stereocenters. The number of hydrogen-bond acceptors (Lipinski definition) is 11. The van der Waals surface area contributed by atoms with Crippen molar-refractivity contribution in [2.45, 2.75) is 30.6 Å². The number of anilines is 4. The molecule has 52 heavy (non-hydrogen) atoms. The van der Waals surface area contributed by atoms with E-state index < -0.39 is 60.6 Å². The summed E-state index contributed by atoms with van der Waals surface area (Å²) in [6.45, 7) is -2.11. The minimum atomic E-state index is -4.64. The van der Waals surface area contributed by atoms with Crippen LogP contribution in [0.5, 0.6) is 6.01 Å². The van der Waals surface area contributed by atoms with E-state index in [-0.39, 0.29) is 23.1 Å². The van der Waals surface area contributed by atoms with E-state index in [0.29, 0.717) is 28.6 Å². The minimum absolute atomic E-state index is 0.0407. The monoisotopic (exact) mass is 760 g/mol. The summed E-state index contributed by atoms with van der Waals surface area (Å²) in [6, 6.07) is 16.9. The molecule has 1 aromatic heterocycles. The standard InChI is InChI=1S/C33H29Cl2F3N8O6/c1-51-28(50)24(16-39-26(48)27(49)40-23-4-2-3-21(35)15-23)42-25(47)18-5-11-22(12-6-18)41-29-43-30(45-31(44-29)52-17-33(36,37)38)46-32(13-14-32)19-7-9-20(34)10-8-19/h2-12,15,24H,13-14,16-17H2,1H3,(H,39,48)(H,40,49)(H,42,47)(H2,41,43,44,45,46)/t24-/m0/s1. The van der Waals surface area contributed by atoms with Gasteiger partial charge in [-0.2, -0.15) is 28.1 Å². The van der Waals surface area contributed by atoms with E-state index in [2.05, 4.69) is 41.5 Å². The summed E-state index contributed by atoms with van der Waals surface area (Å²) in [7, 11) is 1.08. The van der Waals surface area contributed by atoms with E-state index >= 15 is 0 Å². The molecule has 1 aliphatic carbocycles. The molecule has 0 bridgehead atoms. The van der Waals surface area contributed by atoms with E-state index in [0.717, 1.165) is 12.7 Å². The van der Waals surface area contributed by atoms with Crippen molar-refractivity contribution >= 4 is 70.2 Å². The number of halogens is 5. The third-order valence-corrected chi connectivity index (χ3v) is 7.91. The summed E-state index contributed by atoms with van der Waals surface area (Å²) in [5.74, 6) is -3.94. The van der Waals surface area contributed by atoms with Gasteiger partial charge in [-0.1, -0.05) is 41.4 Å². The Morgan fingerprint density at radius 1 is 0.865 bits per heavy atom. The number of nitrogens with one attached hydrogen (secondary N) is 5. The first-order valence-electron chi connectivity index (χ1n) is 15.3. The number of methoxy groups -OCH3 is 1. The Bertz CT molecular complexity index is 1950. The van der Waals surface area contributed by atoms with Gasteiger partial charge in [-0.15, -0.1) is 0 Å². The predicted octanol–water partition coefficient (Wildman–Crippen LogP) is 4.99. The van der Waals surface area contributed by atoms with E-state index in [4.69, 9.17) is 32.7 Å². The number of aromatic nitrogens is 3. The van der Waals surface area contributed by atoms with Crippen LogP contribution in [0.3, 0.4) is 0 Å². The van der Waals surface area contributed by atoms with Gasteiger partial charge in [-0.3, -0.25) is 14.4 Å². The first-order valence-corrected chi connectivity index (χ1v) is 16.1. The van der Waals surface area contributed by atoms with Crippen LogP contribution in [0.1, 0.15) is 28.8 Å². The van der Waals surface area contributed by atoms with Gasteiger partial charge in [0.05, 0.1) is 12.6 Å². The van der Waals surface area contributed by atoms with Crippen molar-refractivity contribution in [2.75, 3.05) is 36.2 Å². The molecular weight excluding hydrogens is 732 g/mol. The molecule has 4 aromatic rings. The molecule has 5 rings (SSSR count). The number of carbonyl (C=O) groups excluding carboxylic acids is 4. The predicted molar refractivity (Wildman–Crippen MR) is 183 cm³/mol. The smallest absolute Gasteiger partial charge is 0.422 e. The van der Waals surface area contributed by atoms with Gasteiger partial charge < -0.3 is 36.1 Å². The molecule has 3 amide bonds. The lowest BCUT2D eigenvalue weighted by Crippen LogP contribution is -2.50. The molecule has 272 valence electrons. The lowest BCUT2D eigenvalue weighted by Gasteiger charge is -2.19. The minimum Gasteiger partial charge on any atom is -0.467 e. The zero-order valence-corrected chi connectivity index (χ0v) is 28.5. The second kappa shape index (κ2) is 16.1. The van der Waals surface area contributed by atoms with Gasteiger partial charge in [0.1, 0.15) is 6.04 Å². The number of amides is 3. The first-order chi connectivity index (χ1) is 24.7. The number of ether oxygens (including phenoxy) is 2. The summed E-state index contributed by atoms with van der Waals surface area (Å²) >= 11 is 11.9. The highest BCUT2D eigenvalue weighted by Crippen LogP contribution is 2.48. The molecule has 1 fully saturated rings. The number of nitrogens with zero attached hydrogens (tertiary/aromatic N) is 3. The van der Waals surface area contributed by atoms with Gasteiger partial charge in [0.2, 0.25) is 11.9 Å². The van der Waals surface area contributed by atoms with Crippen LogP contribution in [0.25, 0.3) is 0 Å². The van der Waals surface area contributed by atoms with Gasteiger partial charge in [-0.05, 0) is 73.0 Å². The van der Waals surface area contributed by atoms with Crippen LogP contribution in [-0.4, -0.2) is 71.1 Å². The number of hydrogen-bond donors (Lipinski definition) is 5. The van der Waals surface area contributed by atoms with Crippen molar-refractivity contribution in [3.8, 4) is 6.01 Å². The Labute approximate surface area is 303 Å². The van der Waals surface area contributed by atoms with Crippen molar-refractivity contribution < 1.29 is 41.8 Å². The number of alkyl halides is 3. The zero-order valence-electron chi connectivity index (χ0n) is 27.0. The zero-order chi connectivity index (χ0) is 37.5. The normalized spacial score (nSPS) is 13.6. The molecular formula is C33H29Cl2F3N8O6. The topological polar surface area (TPSA) is 186 Å². The van der Waals surface area contributed by atoms with Crippen LogP contribution in [0, 0.1) is 0 Å². The van der Waals surface area contributed by atoms with Crippen molar-refractivity contribution in [2.24, 2.45) is 0 Å². The van der Waals surface area contributed by atoms with Crippen LogP contribution in [0.4, 0.5) is 36.4 Å². The second-order valence-electron chi connectivity index (χ2n) is 11.3. The number of rotatable bonds is 13. The summed E-state index contributed by atoms with van der Waals surface area (Å²) < 4.78 is 48.3. The maximum Gasteiger partial charge on any atom is 0.422 e. The number of esters is 1. The van der Waals surface area contributed by atoms with E-state index in [1.54, 1.807) is 24.3 Å². The molecule has 5 N–H and O–H groups in total. The first kappa shape index (κ1) is 37.6. The van der Waals surface area contributed by atoms with Gasteiger partial charge in [0, 0.05) is 33.5 Å². The SMILES string of the molecule is COC(=O)[C@H](CNC(=O)C(=O)Nc1cccc(Cl)c1)NC(=O)c1ccc(Nc2nc(NC3(c4ccc(Cl)cc4)CC3)nc(OCC(F)(F)F)n2)cc1. The third kappa shape index (κ3) is 10.4. The van der Waals surface area contributed by atoms with Crippen LogP contribution in [0.15, 0.2) is 72.8 Å². The van der Waals surface area contributed by atoms with Crippen molar-refractivity contribution in [1.29, 1.82) is 0 Å². The molecule has 1 heterocycles. The van der Waals surface area contributed by atoms with Crippen LogP contribution >= 0.6 is 23.2 Å². The van der Waals surface area contributed by atoms with Gasteiger partial charge in [0.15, 0.2) is 6.61 Å². The van der Waals surface area contributed by atoms with Gasteiger partial charge in [-0.25, -0.2) is 4.79 Å². The van der Waals surface area contributed by atoms with E-state index in [1.807, 2.05) is 12.1 Å². The summed E-state index contributed by atoms with van der Waals surface area (Å²) in [5, 5.41) is 14.0. The summed E-state index contributed by atoms with van der Waals surface area (Å²) in [5.41, 5.74) is 1.00. The molecule has 0 radical (unpaired) electrons. The highest BCUT2D eigenvalue weighted by molar-refractivity contribution is 6.40. The fraction of sp³-hybridized carbons (Fsp3) is 0.242. The molecule has 3 aromatic carbocycles. The van der Waals surface area contributed by atoms with Crippen LogP contribution in [-0.2, 0) is 24.7 Å². The maximum atomic E-state index is 13.0. The Kier molecular flexibility index (Phi) is 11.6. The lowest BCUT2D eigenvalue weighted by atomic mass is 10.1. The van der Waals surface area contributed by atoms with E-state index in [1.165, 1.54) is 36.4 Å². The highest BCUT2D eigenvalue weighted by atomic mass is 35.5. The third-order valence-electron chi connectivity index (χ3n) is 7.43. The van der Waals surface area contributed by atoms with Crippen molar-refractivity contribution in [3.05, 3.63) is 94.0 Å². The fourth-order valence-corrected chi connectivity index (χ4v) is 5.03. The molecule has 1 atom stereocenters. The Hall–Kier alpha value is -5.68. The molecule has 14 nitrogen and oxygen atoms in total. The average Bonchev–Trinajstić information content (AvgIpc) is 3.89. The number of carbonyl (C=O) groups is 4. The molecule has 19 heteroatoms. The van der Waals surface area contributed by atoms with Gasteiger partial charge in [0.25, 0.3) is 5.91 Å². The largest absolute Gasteiger partial charge is 0.467 e. The van der Waals surface area contributed by atoms with E-state index in [9.17, 15) is 32.3 Å². The molecule has 0 aliphatic heterocycles. The fourth-order valence-electron chi connectivity index (χ4n) is 4.71. The number of benzene rings is 3. The van der Waals surface area contributed by atoms with Gasteiger partial charge >= 0.3 is 30.0 Å². The lowest BCUT2D eigenvalue weighted by molar-refractivity contribution is -0.154. The quantitative estimate of drug-likeness (QED) is 0.0914. The summed E-state index contributed by atoms with van der Waals surface area (Å²) in [6.07, 6.45) is -3.24. The Balaban J connectivity index is 1.24. The van der Waals surface area contributed by atoms with Crippen LogP contribution < -0.4 is 31.3 Å².